The molecule has 0 spiro atoms. The van der Waals surface area contributed by atoms with Crippen molar-refractivity contribution in [2.75, 3.05) is 13.1 Å². The summed E-state index contributed by atoms with van der Waals surface area (Å²) in [6.45, 7) is 1.61. The molecule has 0 aromatic heterocycles. The second-order valence-electron chi connectivity index (χ2n) is 8.74. The van der Waals surface area contributed by atoms with Crippen molar-refractivity contribution >= 4 is 11.8 Å². The highest BCUT2D eigenvalue weighted by molar-refractivity contribution is 5.80. The second-order valence-corrected chi connectivity index (χ2v) is 8.74. The van der Waals surface area contributed by atoms with E-state index in [1.165, 1.54) is 24.0 Å². The van der Waals surface area contributed by atoms with Gasteiger partial charge in [0.05, 0.1) is 0 Å². The lowest BCUT2D eigenvalue weighted by atomic mass is 9.85. The maximum atomic E-state index is 12.7. The van der Waals surface area contributed by atoms with Crippen LogP contribution < -0.4 is 16.0 Å². The number of hydrogen-bond acceptors (Lipinski definition) is 3. The molecule has 152 valence electrons. The molecular formula is C23H33N3O2. The van der Waals surface area contributed by atoms with Crippen LogP contribution in [0.3, 0.4) is 0 Å². The number of carbonyl (C=O) groups is 2. The molecule has 1 atom stereocenters. The van der Waals surface area contributed by atoms with Gasteiger partial charge >= 0.3 is 0 Å². The largest absolute Gasteiger partial charge is 0.354 e. The third-order valence-corrected chi connectivity index (χ3v) is 6.87. The summed E-state index contributed by atoms with van der Waals surface area (Å²) in [6, 6.07) is 8.97. The fourth-order valence-corrected chi connectivity index (χ4v) is 5.13. The topological polar surface area (TPSA) is 70.2 Å². The fraction of sp³-hybridized carbons (Fsp3) is 0.652. The summed E-state index contributed by atoms with van der Waals surface area (Å²) in [5, 5.41) is 9.94. The molecular weight excluding hydrogens is 350 g/mol. The molecule has 1 aromatic rings. The van der Waals surface area contributed by atoms with Crippen LogP contribution in [0.25, 0.3) is 0 Å². The van der Waals surface area contributed by atoms with Crippen LogP contribution in [0.2, 0.25) is 0 Å². The van der Waals surface area contributed by atoms with E-state index in [0.717, 1.165) is 51.5 Å². The van der Waals surface area contributed by atoms with Gasteiger partial charge in [-0.3, -0.25) is 9.59 Å². The van der Waals surface area contributed by atoms with Crippen molar-refractivity contribution in [3.8, 4) is 0 Å². The Kier molecular flexibility index (Phi) is 6.30. The summed E-state index contributed by atoms with van der Waals surface area (Å²) in [4.78, 5) is 25.0. The lowest BCUT2D eigenvalue weighted by Crippen LogP contribution is -2.44. The van der Waals surface area contributed by atoms with Gasteiger partial charge in [0.1, 0.15) is 0 Å². The highest BCUT2D eigenvalue weighted by Gasteiger charge is 2.30. The van der Waals surface area contributed by atoms with Crippen molar-refractivity contribution in [1.82, 2.24) is 16.0 Å². The van der Waals surface area contributed by atoms with Crippen LogP contribution in [0.1, 0.15) is 68.5 Å². The Labute approximate surface area is 168 Å². The predicted octanol–water partition coefficient (Wildman–Crippen LogP) is 2.85. The van der Waals surface area contributed by atoms with Gasteiger partial charge in [-0.15, -0.1) is 0 Å². The highest BCUT2D eigenvalue weighted by Crippen LogP contribution is 2.28. The van der Waals surface area contributed by atoms with Crippen molar-refractivity contribution in [1.29, 1.82) is 0 Å². The van der Waals surface area contributed by atoms with E-state index in [4.69, 9.17) is 0 Å². The number of hydrogen-bond donors (Lipinski definition) is 3. The van der Waals surface area contributed by atoms with Crippen LogP contribution in [0.4, 0.5) is 0 Å². The van der Waals surface area contributed by atoms with Gasteiger partial charge in [0.2, 0.25) is 11.8 Å². The Morgan fingerprint density at radius 1 is 0.929 bits per heavy atom. The normalized spacial score (nSPS) is 27.8. The minimum Gasteiger partial charge on any atom is -0.354 e. The Balaban J connectivity index is 1.21. The van der Waals surface area contributed by atoms with Gasteiger partial charge in [-0.05, 0) is 62.6 Å². The molecule has 3 N–H and O–H groups in total. The van der Waals surface area contributed by atoms with Crippen LogP contribution in [-0.2, 0) is 16.0 Å². The standard InChI is InChI=1S/C23H33N3O2/c27-22(25-15-21-20-8-4-3-5-16(20)13-14-24-21)18-9-11-19(12-10-18)26-23(28)17-6-1-2-7-17/h3-5,8,17-19,21,24H,1-2,6-7,9-15H2,(H,25,27)(H,26,28). The van der Waals surface area contributed by atoms with E-state index in [2.05, 4.69) is 40.2 Å². The van der Waals surface area contributed by atoms with E-state index in [1.54, 1.807) is 0 Å². The molecule has 28 heavy (non-hydrogen) atoms. The lowest BCUT2D eigenvalue weighted by molar-refractivity contribution is -0.126. The number of nitrogens with one attached hydrogen (secondary N) is 3. The average molecular weight is 384 g/mol. The summed E-state index contributed by atoms with van der Waals surface area (Å²) in [5.74, 6) is 0.725. The van der Waals surface area contributed by atoms with Crippen molar-refractivity contribution < 1.29 is 9.59 Å². The molecule has 0 saturated heterocycles. The van der Waals surface area contributed by atoms with E-state index in [0.29, 0.717) is 6.54 Å². The molecule has 1 unspecified atom stereocenters. The summed E-state index contributed by atoms with van der Waals surface area (Å²) in [7, 11) is 0. The Morgan fingerprint density at radius 2 is 1.64 bits per heavy atom. The van der Waals surface area contributed by atoms with Gasteiger partial charge in [-0.25, -0.2) is 0 Å². The van der Waals surface area contributed by atoms with Crippen molar-refractivity contribution in [3.05, 3.63) is 35.4 Å². The summed E-state index contributed by atoms with van der Waals surface area (Å²) in [6.07, 6.45) is 9.09. The first-order valence-electron chi connectivity index (χ1n) is 11.1. The van der Waals surface area contributed by atoms with Gasteiger partial charge in [0.15, 0.2) is 0 Å². The molecule has 2 fully saturated rings. The van der Waals surface area contributed by atoms with E-state index in [9.17, 15) is 9.59 Å². The van der Waals surface area contributed by atoms with E-state index < -0.39 is 0 Å². The zero-order valence-electron chi connectivity index (χ0n) is 16.7. The maximum absolute atomic E-state index is 12.7. The number of benzene rings is 1. The first-order valence-corrected chi connectivity index (χ1v) is 11.1. The van der Waals surface area contributed by atoms with Gasteiger partial charge < -0.3 is 16.0 Å². The molecule has 0 bridgehead atoms. The third-order valence-electron chi connectivity index (χ3n) is 6.87. The van der Waals surface area contributed by atoms with Crippen LogP contribution in [-0.4, -0.2) is 30.9 Å². The average Bonchev–Trinajstić information content (AvgIpc) is 3.27. The molecule has 5 nitrogen and oxygen atoms in total. The first kappa shape index (κ1) is 19.4. The van der Waals surface area contributed by atoms with Crippen LogP contribution in [0, 0.1) is 11.8 Å². The maximum Gasteiger partial charge on any atom is 0.223 e. The van der Waals surface area contributed by atoms with Crippen molar-refractivity contribution in [2.24, 2.45) is 11.8 Å². The number of amides is 2. The molecule has 4 rings (SSSR count). The number of rotatable bonds is 5. The molecule has 2 saturated carbocycles. The minimum atomic E-state index is 0.0819. The summed E-state index contributed by atoms with van der Waals surface area (Å²) >= 11 is 0. The molecule has 2 aliphatic carbocycles. The quantitative estimate of drug-likeness (QED) is 0.732. The summed E-state index contributed by atoms with van der Waals surface area (Å²) in [5.41, 5.74) is 2.70. The van der Waals surface area contributed by atoms with Crippen LogP contribution in [0.5, 0.6) is 0 Å². The Hall–Kier alpha value is -1.88. The van der Waals surface area contributed by atoms with E-state index in [1.807, 2.05) is 0 Å². The monoisotopic (exact) mass is 383 g/mol. The SMILES string of the molecule is O=C(NCC1NCCc2ccccc21)C1CCC(NC(=O)C2CCCC2)CC1. The molecule has 1 aromatic carbocycles. The summed E-state index contributed by atoms with van der Waals surface area (Å²) < 4.78 is 0. The van der Waals surface area contributed by atoms with Gasteiger partial charge in [0, 0.05) is 30.5 Å². The first-order chi connectivity index (χ1) is 13.7. The molecule has 0 radical (unpaired) electrons. The predicted molar refractivity (Wildman–Crippen MR) is 110 cm³/mol. The second kappa shape index (κ2) is 9.08. The molecule has 5 heteroatoms. The molecule has 2 amide bonds. The fourth-order valence-electron chi connectivity index (χ4n) is 5.13. The highest BCUT2D eigenvalue weighted by atomic mass is 16.2. The van der Waals surface area contributed by atoms with Gasteiger partial charge in [0.25, 0.3) is 0 Å². The molecule has 1 aliphatic heterocycles. The van der Waals surface area contributed by atoms with E-state index in [-0.39, 0.29) is 35.7 Å². The zero-order valence-corrected chi connectivity index (χ0v) is 16.7. The van der Waals surface area contributed by atoms with E-state index >= 15 is 0 Å². The number of fused-ring (bicyclic) bond motifs is 1. The number of carbonyl (C=O) groups excluding carboxylic acids is 2. The minimum absolute atomic E-state index is 0.0819. The van der Waals surface area contributed by atoms with Crippen LogP contribution in [0.15, 0.2) is 24.3 Å². The molecule has 1 heterocycles. The lowest BCUT2D eigenvalue weighted by Gasteiger charge is -2.31. The zero-order chi connectivity index (χ0) is 19.3. The van der Waals surface area contributed by atoms with Gasteiger partial charge in [-0.2, -0.15) is 0 Å². The van der Waals surface area contributed by atoms with Crippen molar-refractivity contribution in [3.63, 3.8) is 0 Å². The third kappa shape index (κ3) is 4.57. The Bertz CT molecular complexity index is 691. The van der Waals surface area contributed by atoms with Crippen LogP contribution >= 0.6 is 0 Å². The van der Waals surface area contributed by atoms with Gasteiger partial charge in [-0.1, -0.05) is 37.1 Å². The van der Waals surface area contributed by atoms with Crippen molar-refractivity contribution in [2.45, 2.75) is 69.9 Å². The Morgan fingerprint density at radius 3 is 2.43 bits per heavy atom. The molecule has 3 aliphatic rings. The smallest absolute Gasteiger partial charge is 0.223 e.